The van der Waals surface area contributed by atoms with Gasteiger partial charge in [-0.05, 0) is 49.3 Å². The maximum atomic E-state index is 5.69. The molecule has 0 amide bonds. The van der Waals surface area contributed by atoms with E-state index in [0.29, 0.717) is 0 Å². The highest BCUT2D eigenvalue weighted by Crippen LogP contribution is 2.29. The first kappa shape index (κ1) is 10.5. The van der Waals surface area contributed by atoms with Crippen molar-refractivity contribution in [2.24, 2.45) is 5.92 Å². The van der Waals surface area contributed by atoms with Gasteiger partial charge in [0, 0.05) is 0 Å². The second kappa shape index (κ2) is 5.20. The molecule has 2 rings (SSSR count). The van der Waals surface area contributed by atoms with E-state index >= 15 is 0 Å². The molecule has 82 valence electrons. The van der Waals surface area contributed by atoms with Crippen LogP contribution in [0.4, 0.5) is 0 Å². The molecule has 1 nitrogen and oxygen atoms in total. The smallest absolute Gasteiger partial charge is 0.119 e. The van der Waals surface area contributed by atoms with Gasteiger partial charge in [-0.1, -0.05) is 25.5 Å². The van der Waals surface area contributed by atoms with E-state index in [9.17, 15) is 0 Å². The van der Waals surface area contributed by atoms with Crippen molar-refractivity contribution in [3.63, 3.8) is 0 Å². The van der Waals surface area contributed by atoms with Crippen LogP contribution in [-0.2, 0) is 6.42 Å². The maximum absolute atomic E-state index is 5.69. The summed E-state index contributed by atoms with van der Waals surface area (Å²) >= 11 is 0. The molecule has 0 atom stereocenters. The van der Waals surface area contributed by atoms with E-state index in [1.807, 2.05) is 0 Å². The minimum absolute atomic E-state index is 0.838. The van der Waals surface area contributed by atoms with E-state index < -0.39 is 0 Å². The predicted octanol–water partition coefficient (Wildman–Crippen LogP) is 3.82. The molecule has 1 aliphatic carbocycles. The highest BCUT2D eigenvalue weighted by Gasteiger charge is 2.21. The number of rotatable bonds is 6. The Morgan fingerprint density at radius 2 is 1.93 bits per heavy atom. The van der Waals surface area contributed by atoms with E-state index in [4.69, 9.17) is 4.74 Å². The fraction of sp³-hybridized carbons (Fsp3) is 0.571. The normalized spacial score (nSPS) is 15.3. The largest absolute Gasteiger partial charge is 0.493 e. The Kier molecular flexibility index (Phi) is 3.65. The van der Waals surface area contributed by atoms with Crippen molar-refractivity contribution in [1.29, 1.82) is 0 Å². The van der Waals surface area contributed by atoms with E-state index in [1.165, 1.54) is 37.7 Å². The number of hydrogen-bond donors (Lipinski definition) is 0. The first-order chi connectivity index (χ1) is 7.38. The molecule has 0 radical (unpaired) electrons. The number of unbranched alkanes of at least 4 members (excludes halogenated alkanes) is 1. The molecule has 0 aromatic heterocycles. The molecule has 0 spiro atoms. The topological polar surface area (TPSA) is 9.23 Å². The molecule has 1 heteroatoms. The fourth-order valence-corrected chi connectivity index (χ4v) is 1.63. The first-order valence-electron chi connectivity index (χ1n) is 6.10. The molecule has 15 heavy (non-hydrogen) atoms. The zero-order chi connectivity index (χ0) is 10.5. The summed E-state index contributed by atoms with van der Waals surface area (Å²) in [5, 5.41) is 0. The molecular weight excluding hydrogens is 184 g/mol. The van der Waals surface area contributed by atoms with Crippen molar-refractivity contribution in [3.8, 4) is 5.75 Å². The summed E-state index contributed by atoms with van der Waals surface area (Å²) in [6.45, 7) is 3.14. The van der Waals surface area contributed by atoms with E-state index in [1.54, 1.807) is 0 Å². The minimum atomic E-state index is 0.838. The third-order valence-corrected chi connectivity index (χ3v) is 2.92. The van der Waals surface area contributed by atoms with Crippen LogP contribution in [-0.4, -0.2) is 6.61 Å². The third kappa shape index (κ3) is 3.58. The SMILES string of the molecule is CCCCc1ccc(OCC2CC2)cc1. The van der Waals surface area contributed by atoms with Crippen LogP contribution in [0.5, 0.6) is 5.75 Å². The third-order valence-electron chi connectivity index (χ3n) is 2.92. The van der Waals surface area contributed by atoms with E-state index in [0.717, 1.165) is 18.3 Å². The van der Waals surface area contributed by atoms with Crippen LogP contribution >= 0.6 is 0 Å². The fourth-order valence-electron chi connectivity index (χ4n) is 1.63. The molecular formula is C14H20O. The molecule has 1 saturated carbocycles. The van der Waals surface area contributed by atoms with Crippen molar-refractivity contribution >= 4 is 0 Å². The Labute approximate surface area is 92.5 Å². The van der Waals surface area contributed by atoms with Gasteiger partial charge in [0.25, 0.3) is 0 Å². The summed E-state index contributed by atoms with van der Waals surface area (Å²) in [6, 6.07) is 8.59. The molecule has 1 aliphatic rings. The average molecular weight is 204 g/mol. The first-order valence-corrected chi connectivity index (χ1v) is 6.10. The summed E-state index contributed by atoms with van der Waals surface area (Å²) in [5.74, 6) is 1.87. The molecule has 1 aromatic rings. The van der Waals surface area contributed by atoms with Gasteiger partial charge in [0.2, 0.25) is 0 Å². The number of hydrogen-bond acceptors (Lipinski definition) is 1. The van der Waals surface area contributed by atoms with Crippen LogP contribution in [0.2, 0.25) is 0 Å². The minimum Gasteiger partial charge on any atom is -0.493 e. The molecule has 0 unspecified atom stereocenters. The van der Waals surface area contributed by atoms with Gasteiger partial charge in [-0.3, -0.25) is 0 Å². The Balaban J connectivity index is 1.79. The van der Waals surface area contributed by atoms with Crippen molar-refractivity contribution in [2.75, 3.05) is 6.61 Å². The second-order valence-electron chi connectivity index (χ2n) is 4.50. The van der Waals surface area contributed by atoms with Gasteiger partial charge >= 0.3 is 0 Å². The molecule has 1 fully saturated rings. The van der Waals surface area contributed by atoms with Gasteiger partial charge in [0.05, 0.1) is 6.61 Å². The van der Waals surface area contributed by atoms with Crippen LogP contribution in [0.25, 0.3) is 0 Å². The van der Waals surface area contributed by atoms with Crippen LogP contribution in [0, 0.1) is 5.92 Å². The lowest BCUT2D eigenvalue weighted by Crippen LogP contribution is -1.98. The molecule has 0 bridgehead atoms. The van der Waals surface area contributed by atoms with Gasteiger partial charge in [-0.25, -0.2) is 0 Å². The Morgan fingerprint density at radius 3 is 2.53 bits per heavy atom. The highest BCUT2D eigenvalue weighted by atomic mass is 16.5. The zero-order valence-electron chi connectivity index (χ0n) is 9.54. The summed E-state index contributed by atoms with van der Waals surface area (Å²) in [4.78, 5) is 0. The van der Waals surface area contributed by atoms with Crippen LogP contribution < -0.4 is 4.74 Å². The van der Waals surface area contributed by atoms with E-state index in [-0.39, 0.29) is 0 Å². The molecule has 0 saturated heterocycles. The van der Waals surface area contributed by atoms with Gasteiger partial charge in [0.15, 0.2) is 0 Å². The predicted molar refractivity (Wildman–Crippen MR) is 63.3 cm³/mol. The van der Waals surface area contributed by atoms with Gasteiger partial charge in [-0.2, -0.15) is 0 Å². The van der Waals surface area contributed by atoms with Gasteiger partial charge < -0.3 is 4.74 Å². The zero-order valence-corrected chi connectivity index (χ0v) is 9.54. The molecule has 0 heterocycles. The lowest BCUT2D eigenvalue weighted by Gasteiger charge is -2.06. The Hall–Kier alpha value is -0.980. The van der Waals surface area contributed by atoms with Gasteiger partial charge in [0.1, 0.15) is 5.75 Å². The quantitative estimate of drug-likeness (QED) is 0.684. The van der Waals surface area contributed by atoms with Crippen molar-refractivity contribution in [2.45, 2.75) is 39.0 Å². The lowest BCUT2D eigenvalue weighted by atomic mass is 10.1. The summed E-state index contributed by atoms with van der Waals surface area (Å²) in [7, 11) is 0. The molecule has 0 N–H and O–H groups in total. The lowest BCUT2D eigenvalue weighted by molar-refractivity contribution is 0.299. The van der Waals surface area contributed by atoms with Crippen molar-refractivity contribution in [1.82, 2.24) is 0 Å². The molecule has 0 aliphatic heterocycles. The number of aryl methyl sites for hydroxylation is 1. The van der Waals surface area contributed by atoms with Crippen LogP contribution in [0.15, 0.2) is 24.3 Å². The molecule has 1 aromatic carbocycles. The Bertz CT molecular complexity index is 285. The van der Waals surface area contributed by atoms with Crippen molar-refractivity contribution in [3.05, 3.63) is 29.8 Å². The van der Waals surface area contributed by atoms with E-state index in [2.05, 4.69) is 31.2 Å². The average Bonchev–Trinajstić information content (AvgIpc) is 3.09. The number of benzene rings is 1. The Morgan fingerprint density at radius 1 is 1.20 bits per heavy atom. The highest BCUT2D eigenvalue weighted by molar-refractivity contribution is 5.27. The summed E-state index contributed by atoms with van der Waals surface area (Å²) in [6.07, 6.45) is 6.45. The summed E-state index contributed by atoms with van der Waals surface area (Å²) in [5.41, 5.74) is 1.43. The van der Waals surface area contributed by atoms with Crippen molar-refractivity contribution < 1.29 is 4.74 Å². The van der Waals surface area contributed by atoms with Crippen LogP contribution in [0.1, 0.15) is 38.2 Å². The monoisotopic (exact) mass is 204 g/mol. The van der Waals surface area contributed by atoms with Crippen LogP contribution in [0.3, 0.4) is 0 Å². The number of ether oxygens (including phenoxy) is 1. The second-order valence-corrected chi connectivity index (χ2v) is 4.50. The standard InChI is InChI=1S/C14H20O/c1-2-3-4-12-7-9-14(10-8-12)15-11-13-5-6-13/h7-10,13H,2-6,11H2,1H3. The maximum Gasteiger partial charge on any atom is 0.119 e. The van der Waals surface area contributed by atoms with Gasteiger partial charge in [-0.15, -0.1) is 0 Å². The summed E-state index contributed by atoms with van der Waals surface area (Å²) < 4.78 is 5.69.